The number of nitrogens with two attached hydrogens (primary N) is 1. The van der Waals surface area contributed by atoms with Crippen LogP contribution in [0.5, 0.6) is 0 Å². The Bertz CT molecular complexity index is 807. The number of anilines is 1. The molecule has 5 nitrogen and oxygen atoms in total. The molecule has 2 aromatic heterocycles. The Labute approximate surface area is 122 Å². The largest absolute Gasteiger partial charge is 0.383 e. The van der Waals surface area contributed by atoms with E-state index in [2.05, 4.69) is 10.1 Å². The van der Waals surface area contributed by atoms with Gasteiger partial charge in [0.15, 0.2) is 0 Å². The van der Waals surface area contributed by atoms with E-state index >= 15 is 0 Å². The van der Waals surface area contributed by atoms with Crippen molar-refractivity contribution in [2.45, 2.75) is 19.8 Å². The minimum atomic E-state index is -0.115. The summed E-state index contributed by atoms with van der Waals surface area (Å²) >= 11 is 0. The lowest BCUT2D eigenvalue weighted by Gasteiger charge is -2.04. The van der Waals surface area contributed by atoms with Crippen LogP contribution in [0.3, 0.4) is 0 Å². The number of benzene rings is 1. The molecule has 0 atom stereocenters. The zero-order valence-electron chi connectivity index (χ0n) is 11.8. The van der Waals surface area contributed by atoms with Gasteiger partial charge in [0.2, 0.25) is 5.91 Å². The van der Waals surface area contributed by atoms with Gasteiger partial charge in [0.25, 0.3) is 0 Å². The standard InChI is InChI=1S/C16H16N4O/c1-11-10-15(17)20(19-11)16(21)9-8-13-7-6-12-4-2-3-5-14(12)18-13/h2-7,10H,8-9,17H2,1H3. The molecule has 0 spiro atoms. The van der Waals surface area contributed by atoms with Crippen LogP contribution in [0.2, 0.25) is 0 Å². The van der Waals surface area contributed by atoms with Crippen molar-refractivity contribution in [2.24, 2.45) is 0 Å². The maximum absolute atomic E-state index is 12.1. The van der Waals surface area contributed by atoms with Crippen LogP contribution in [0, 0.1) is 6.92 Å². The average molecular weight is 280 g/mol. The number of aromatic nitrogens is 3. The third-order valence-corrected chi connectivity index (χ3v) is 3.35. The first-order chi connectivity index (χ1) is 10.1. The molecule has 3 aromatic rings. The van der Waals surface area contributed by atoms with E-state index < -0.39 is 0 Å². The van der Waals surface area contributed by atoms with Crippen molar-refractivity contribution in [1.82, 2.24) is 14.8 Å². The summed E-state index contributed by atoms with van der Waals surface area (Å²) in [5.41, 5.74) is 8.32. The van der Waals surface area contributed by atoms with Gasteiger partial charge in [-0.2, -0.15) is 9.78 Å². The van der Waals surface area contributed by atoms with E-state index in [0.717, 1.165) is 22.3 Å². The van der Waals surface area contributed by atoms with E-state index in [9.17, 15) is 4.79 Å². The number of carbonyl (C=O) groups excluding carboxylic acids is 1. The van der Waals surface area contributed by atoms with Gasteiger partial charge in [0.1, 0.15) is 5.82 Å². The van der Waals surface area contributed by atoms with E-state index in [1.165, 1.54) is 4.68 Å². The van der Waals surface area contributed by atoms with E-state index in [1.54, 1.807) is 6.07 Å². The van der Waals surface area contributed by atoms with E-state index in [-0.39, 0.29) is 5.91 Å². The number of hydrogen-bond acceptors (Lipinski definition) is 4. The van der Waals surface area contributed by atoms with Crippen molar-refractivity contribution in [2.75, 3.05) is 5.73 Å². The Kier molecular flexibility index (Phi) is 3.39. The number of aryl methyl sites for hydroxylation is 2. The molecule has 0 saturated carbocycles. The van der Waals surface area contributed by atoms with E-state index in [0.29, 0.717) is 18.7 Å². The summed E-state index contributed by atoms with van der Waals surface area (Å²) in [4.78, 5) is 16.7. The van der Waals surface area contributed by atoms with Gasteiger partial charge in [-0.15, -0.1) is 0 Å². The molecule has 0 bridgehead atoms. The molecule has 0 aliphatic rings. The molecule has 2 N–H and O–H groups in total. The van der Waals surface area contributed by atoms with Crippen molar-refractivity contribution < 1.29 is 4.79 Å². The SMILES string of the molecule is Cc1cc(N)n(C(=O)CCc2ccc3ccccc3n2)n1. The van der Waals surface area contributed by atoms with Crippen molar-refractivity contribution in [1.29, 1.82) is 0 Å². The molecule has 1 aromatic carbocycles. The van der Waals surface area contributed by atoms with Gasteiger partial charge in [-0.3, -0.25) is 9.78 Å². The first-order valence-corrected chi connectivity index (χ1v) is 6.83. The lowest BCUT2D eigenvalue weighted by Crippen LogP contribution is -2.15. The van der Waals surface area contributed by atoms with Crippen molar-refractivity contribution >= 4 is 22.6 Å². The lowest BCUT2D eigenvalue weighted by atomic mass is 10.1. The molecule has 2 heterocycles. The molecule has 0 saturated heterocycles. The summed E-state index contributed by atoms with van der Waals surface area (Å²) in [6.45, 7) is 1.81. The summed E-state index contributed by atoms with van der Waals surface area (Å²) in [5.74, 6) is 0.263. The normalized spacial score (nSPS) is 10.9. The molecule has 0 radical (unpaired) electrons. The Morgan fingerprint density at radius 3 is 2.81 bits per heavy atom. The third kappa shape index (κ3) is 2.76. The third-order valence-electron chi connectivity index (χ3n) is 3.35. The molecular weight excluding hydrogens is 264 g/mol. The first-order valence-electron chi connectivity index (χ1n) is 6.83. The molecule has 0 amide bonds. The monoisotopic (exact) mass is 280 g/mol. The highest BCUT2D eigenvalue weighted by Gasteiger charge is 2.11. The number of rotatable bonds is 3. The van der Waals surface area contributed by atoms with Crippen LogP contribution >= 0.6 is 0 Å². The Hall–Kier alpha value is -2.69. The summed E-state index contributed by atoms with van der Waals surface area (Å²) in [7, 11) is 0. The minimum absolute atomic E-state index is 0.115. The quantitative estimate of drug-likeness (QED) is 0.800. The predicted molar refractivity (Wildman–Crippen MR) is 82.1 cm³/mol. The van der Waals surface area contributed by atoms with Gasteiger partial charge >= 0.3 is 0 Å². The average Bonchev–Trinajstić information content (AvgIpc) is 2.83. The molecule has 3 rings (SSSR count). The van der Waals surface area contributed by atoms with Crippen LogP contribution in [0.4, 0.5) is 5.82 Å². The molecular formula is C16H16N4O. The van der Waals surface area contributed by atoms with Crippen LogP contribution in [0.1, 0.15) is 22.6 Å². The maximum atomic E-state index is 12.1. The molecule has 21 heavy (non-hydrogen) atoms. The summed E-state index contributed by atoms with van der Waals surface area (Å²) in [6, 6.07) is 13.6. The summed E-state index contributed by atoms with van der Waals surface area (Å²) < 4.78 is 1.26. The van der Waals surface area contributed by atoms with Gasteiger partial charge in [0.05, 0.1) is 11.2 Å². The van der Waals surface area contributed by atoms with E-state index in [1.807, 2.05) is 43.3 Å². The number of nitrogens with zero attached hydrogens (tertiary/aromatic N) is 3. The topological polar surface area (TPSA) is 73.8 Å². The van der Waals surface area contributed by atoms with Gasteiger partial charge in [-0.1, -0.05) is 24.3 Å². The van der Waals surface area contributed by atoms with Crippen molar-refractivity contribution in [3.05, 3.63) is 53.9 Å². The maximum Gasteiger partial charge on any atom is 0.249 e. The highest BCUT2D eigenvalue weighted by molar-refractivity contribution is 5.81. The molecule has 0 aliphatic heterocycles. The molecule has 0 aliphatic carbocycles. The van der Waals surface area contributed by atoms with E-state index in [4.69, 9.17) is 5.73 Å². The van der Waals surface area contributed by atoms with Crippen LogP contribution in [0.25, 0.3) is 10.9 Å². The fourth-order valence-corrected chi connectivity index (χ4v) is 2.31. The zero-order chi connectivity index (χ0) is 14.8. The second kappa shape index (κ2) is 5.36. The van der Waals surface area contributed by atoms with Gasteiger partial charge in [-0.25, -0.2) is 0 Å². The Balaban J connectivity index is 1.74. The second-order valence-corrected chi connectivity index (χ2v) is 5.01. The van der Waals surface area contributed by atoms with Crippen LogP contribution in [-0.4, -0.2) is 20.7 Å². The fourth-order valence-electron chi connectivity index (χ4n) is 2.31. The molecule has 106 valence electrons. The van der Waals surface area contributed by atoms with Crippen molar-refractivity contribution in [3.63, 3.8) is 0 Å². The van der Waals surface area contributed by atoms with Crippen LogP contribution in [-0.2, 0) is 6.42 Å². The van der Waals surface area contributed by atoms with Crippen LogP contribution < -0.4 is 5.73 Å². The van der Waals surface area contributed by atoms with Gasteiger partial charge < -0.3 is 5.73 Å². The molecule has 0 fully saturated rings. The van der Waals surface area contributed by atoms with Crippen LogP contribution in [0.15, 0.2) is 42.5 Å². The van der Waals surface area contributed by atoms with Crippen molar-refractivity contribution in [3.8, 4) is 0 Å². The van der Waals surface area contributed by atoms with Gasteiger partial charge in [0, 0.05) is 23.6 Å². The number of nitrogen functional groups attached to an aromatic ring is 1. The highest BCUT2D eigenvalue weighted by atomic mass is 16.2. The molecule has 0 unspecified atom stereocenters. The number of pyridine rings is 1. The number of para-hydroxylation sites is 1. The zero-order valence-corrected chi connectivity index (χ0v) is 11.8. The molecule has 5 heteroatoms. The number of hydrogen-bond donors (Lipinski definition) is 1. The number of fused-ring (bicyclic) bond motifs is 1. The minimum Gasteiger partial charge on any atom is -0.383 e. The highest BCUT2D eigenvalue weighted by Crippen LogP contribution is 2.13. The lowest BCUT2D eigenvalue weighted by molar-refractivity contribution is 0.0889. The number of carbonyl (C=O) groups is 1. The van der Waals surface area contributed by atoms with Gasteiger partial charge in [-0.05, 0) is 25.5 Å². The first kappa shape index (κ1) is 13.3. The Morgan fingerprint density at radius 2 is 2.05 bits per heavy atom. The second-order valence-electron chi connectivity index (χ2n) is 5.01. The predicted octanol–water partition coefficient (Wildman–Crippen LogP) is 2.59. The fraction of sp³-hybridized carbons (Fsp3) is 0.188. The summed E-state index contributed by atoms with van der Waals surface area (Å²) in [6.07, 6.45) is 0.901. The smallest absolute Gasteiger partial charge is 0.249 e. The summed E-state index contributed by atoms with van der Waals surface area (Å²) in [5, 5.41) is 5.19. The Morgan fingerprint density at radius 1 is 1.24 bits per heavy atom.